The number of nitrogens with one attached hydrogen (secondary N) is 1. The van der Waals surface area contributed by atoms with Crippen molar-refractivity contribution in [2.45, 2.75) is 39.3 Å². The van der Waals surface area contributed by atoms with Crippen molar-refractivity contribution in [2.24, 2.45) is 0 Å². The second-order valence-electron chi connectivity index (χ2n) is 5.26. The molecule has 0 amide bonds. The second-order valence-corrected chi connectivity index (χ2v) is 6.61. The van der Waals surface area contributed by atoms with Gasteiger partial charge in [-0.1, -0.05) is 30.7 Å². The molecular weight excluding hydrogens is 302 g/mol. The third-order valence-electron chi connectivity index (χ3n) is 3.07. The molecule has 1 aromatic heterocycles. The van der Waals surface area contributed by atoms with Crippen LogP contribution in [-0.4, -0.2) is 12.6 Å². The summed E-state index contributed by atoms with van der Waals surface area (Å²) in [7, 11) is 0. The van der Waals surface area contributed by atoms with Gasteiger partial charge in [0.15, 0.2) is 0 Å². The van der Waals surface area contributed by atoms with Gasteiger partial charge < -0.3 is 10.1 Å². The average molecular weight is 324 g/mol. The highest BCUT2D eigenvalue weighted by Crippen LogP contribution is 2.34. The molecule has 1 atom stereocenters. The van der Waals surface area contributed by atoms with Gasteiger partial charge in [0, 0.05) is 4.88 Å². The van der Waals surface area contributed by atoms with Crippen molar-refractivity contribution in [3.05, 3.63) is 51.2 Å². The normalized spacial score (nSPS) is 12.6. The Labute approximate surface area is 136 Å². The van der Waals surface area contributed by atoms with E-state index in [2.05, 4.69) is 24.4 Å². The van der Waals surface area contributed by atoms with E-state index in [4.69, 9.17) is 16.3 Å². The molecule has 4 heteroatoms. The fraction of sp³-hybridized carbons (Fsp3) is 0.412. The fourth-order valence-corrected chi connectivity index (χ4v) is 3.47. The Morgan fingerprint density at radius 1 is 1.29 bits per heavy atom. The first-order valence-corrected chi connectivity index (χ1v) is 8.60. The van der Waals surface area contributed by atoms with Crippen LogP contribution in [0.25, 0.3) is 0 Å². The largest absolute Gasteiger partial charge is 0.491 e. The van der Waals surface area contributed by atoms with Gasteiger partial charge in [0.05, 0.1) is 17.2 Å². The minimum Gasteiger partial charge on any atom is -0.491 e. The third-order valence-corrected chi connectivity index (χ3v) is 4.49. The van der Waals surface area contributed by atoms with Crippen LogP contribution in [0.2, 0.25) is 5.02 Å². The van der Waals surface area contributed by atoms with Crippen LogP contribution >= 0.6 is 22.9 Å². The molecule has 0 fully saturated rings. The van der Waals surface area contributed by atoms with Crippen LogP contribution < -0.4 is 10.1 Å². The van der Waals surface area contributed by atoms with Gasteiger partial charge in [-0.15, -0.1) is 11.3 Å². The molecule has 2 aromatic rings. The number of thiophene rings is 1. The van der Waals surface area contributed by atoms with Crippen LogP contribution in [0.5, 0.6) is 5.75 Å². The SMILES string of the molecule is CCCNC(c1cccc(OC(C)C)c1)c1sccc1Cl. The van der Waals surface area contributed by atoms with Gasteiger partial charge in [0.1, 0.15) is 5.75 Å². The average Bonchev–Trinajstić information content (AvgIpc) is 2.85. The van der Waals surface area contributed by atoms with Crippen molar-refractivity contribution < 1.29 is 4.74 Å². The molecular formula is C17H22ClNOS. The molecule has 1 unspecified atom stereocenters. The summed E-state index contributed by atoms with van der Waals surface area (Å²) < 4.78 is 5.80. The summed E-state index contributed by atoms with van der Waals surface area (Å²) in [6.45, 7) is 7.19. The number of ether oxygens (including phenoxy) is 1. The number of halogens is 1. The molecule has 114 valence electrons. The van der Waals surface area contributed by atoms with Crippen molar-refractivity contribution in [1.82, 2.24) is 5.32 Å². The van der Waals surface area contributed by atoms with E-state index in [-0.39, 0.29) is 12.1 Å². The molecule has 2 rings (SSSR count). The minimum absolute atomic E-state index is 0.119. The van der Waals surface area contributed by atoms with E-state index in [9.17, 15) is 0 Å². The lowest BCUT2D eigenvalue weighted by Gasteiger charge is -2.20. The van der Waals surface area contributed by atoms with Crippen molar-refractivity contribution in [2.75, 3.05) is 6.54 Å². The van der Waals surface area contributed by atoms with Crippen molar-refractivity contribution in [3.63, 3.8) is 0 Å². The van der Waals surface area contributed by atoms with E-state index < -0.39 is 0 Å². The first-order chi connectivity index (χ1) is 10.1. The summed E-state index contributed by atoms with van der Waals surface area (Å²) in [5.41, 5.74) is 1.19. The molecule has 0 aliphatic rings. The highest BCUT2D eigenvalue weighted by molar-refractivity contribution is 7.10. The van der Waals surface area contributed by atoms with Gasteiger partial charge in [0.25, 0.3) is 0 Å². The van der Waals surface area contributed by atoms with Gasteiger partial charge in [-0.2, -0.15) is 0 Å². The topological polar surface area (TPSA) is 21.3 Å². The summed E-state index contributed by atoms with van der Waals surface area (Å²) in [5.74, 6) is 0.901. The van der Waals surface area contributed by atoms with E-state index in [0.717, 1.165) is 28.6 Å². The number of hydrogen-bond acceptors (Lipinski definition) is 3. The lowest BCUT2D eigenvalue weighted by atomic mass is 10.0. The predicted octanol–water partition coefficient (Wildman–Crippen LogP) is 5.28. The quantitative estimate of drug-likeness (QED) is 0.748. The van der Waals surface area contributed by atoms with E-state index >= 15 is 0 Å². The first-order valence-electron chi connectivity index (χ1n) is 7.34. The van der Waals surface area contributed by atoms with Crippen LogP contribution in [0.1, 0.15) is 43.7 Å². The monoisotopic (exact) mass is 323 g/mol. The first kappa shape index (κ1) is 16.3. The molecule has 1 aromatic carbocycles. The zero-order chi connectivity index (χ0) is 15.2. The standard InChI is InChI=1S/C17H22ClNOS/c1-4-9-19-16(17-15(18)8-10-21-17)13-6-5-7-14(11-13)20-12(2)3/h5-8,10-12,16,19H,4,9H2,1-3H3. The van der Waals surface area contributed by atoms with Crippen molar-refractivity contribution in [3.8, 4) is 5.75 Å². The van der Waals surface area contributed by atoms with Gasteiger partial charge in [0.2, 0.25) is 0 Å². The highest BCUT2D eigenvalue weighted by Gasteiger charge is 2.18. The maximum Gasteiger partial charge on any atom is 0.120 e. The van der Waals surface area contributed by atoms with Crippen molar-refractivity contribution in [1.29, 1.82) is 0 Å². The zero-order valence-corrected chi connectivity index (χ0v) is 14.3. The summed E-state index contributed by atoms with van der Waals surface area (Å²) in [6.07, 6.45) is 1.26. The summed E-state index contributed by atoms with van der Waals surface area (Å²) in [6, 6.07) is 10.3. The Morgan fingerprint density at radius 3 is 2.71 bits per heavy atom. The summed E-state index contributed by atoms with van der Waals surface area (Å²) in [5, 5.41) is 6.44. The maximum absolute atomic E-state index is 6.33. The lowest BCUT2D eigenvalue weighted by molar-refractivity contribution is 0.242. The third kappa shape index (κ3) is 4.47. The molecule has 1 N–H and O–H groups in total. The molecule has 21 heavy (non-hydrogen) atoms. The Morgan fingerprint density at radius 2 is 2.10 bits per heavy atom. The van der Waals surface area contributed by atoms with Crippen LogP contribution in [0.15, 0.2) is 35.7 Å². The van der Waals surface area contributed by atoms with Gasteiger partial charge in [-0.05, 0) is 56.0 Å². The molecule has 0 spiro atoms. The fourth-order valence-electron chi connectivity index (χ4n) is 2.20. The Kier molecular flexibility index (Phi) is 6.09. The highest BCUT2D eigenvalue weighted by atomic mass is 35.5. The second kappa shape index (κ2) is 7.83. The minimum atomic E-state index is 0.119. The van der Waals surface area contributed by atoms with Gasteiger partial charge >= 0.3 is 0 Å². The van der Waals surface area contributed by atoms with Crippen LogP contribution in [0.4, 0.5) is 0 Å². The number of benzene rings is 1. The predicted molar refractivity (Wildman–Crippen MR) is 91.7 cm³/mol. The lowest BCUT2D eigenvalue weighted by Crippen LogP contribution is -2.22. The van der Waals surface area contributed by atoms with Gasteiger partial charge in [-0.3, -0.25) is 0 Å². The summed E-state index contributed by atoms with van der Waals surface area (Å²) in [4.78, 5) is 1.16. The van der Waals surface area contributed by atoms with E-state index in [0.29, 0.717) is 0 Å². The van der Waals surface area contributed by atoms with E-state index in [1.54, 1.807) is 11.3 Å². The molecule has 1 heterocycles. The molecule has 0 saturated heterocycles. The Balaban J connectivity index is 2.30. The van der Waals surface area contributed by atoms with E-state index in [1.165, 1.54) is 5.56 Å². The molecule has 0 saturated carbocycles. The Hall–Kier alpha value is -1.03. The number of hydrogen-bond donors (Lipinski definition) is 1. The zero-order valence-electron chi connectivity index (χ0n) is 12.7. The molecule has 0 aliphatic heterocycles. The summed E-state index contributed by atoms with van der Waals surface area (Å²) >= 11 is 8.01. The number of rotatable bonds is 7. The molecule has 0 radical (unpaired) electrons. The molecule has 0 aliphatic carbocycles. The van der Waals surface area contributed by atoms with Crippen LogP contribution in [-0.2, 0) is 0 Å². The maximum atomic E-state index is 6.33. The Bertz CT molecular complexity index is 567. The van der Waals surface area contributed by atoms with Crippen molar-refractivity contribution >= 4 is 22.9 Å². The van der Waals surface area contributed by atoms with Crippen LogP contribution in [0, 0.1) is 0 Å². The molecule has 2 nitrogen and oxygen atoms in total. The molecule has 0 bridgehead atoms. The van der Waals surface area contributed by atoms with E-state index in [1.807, 2.05) is 37.4 Å². The van der Waals surface area contributed by atoms with Crippen LogP contribution in [0.3, 0.4) is 0 Å². The van der Waals surface area contributed by atoms with Gasteiger partial charge in [-0.25, -0.2) is 0 Å². The smallest absolute Gasteiger partial charge is 0.120 e.